The van der Waals surface area contributed by atoms with Crippen LogP contribution in [0.25, 0.3) is 22.2 Å². The largest absolute Gasteiger partial charge is 0.355 e. The second-order valence-corrected chi connectivity index (χ2v) is 5.43. The van der Waals surface area contributed by atoms with Gasteiger partial charge in [0.25, 0.3) is 5.56 Å². The number of rotatable bonds is 1. The molecule has 0 aliphatic carbocycles. The molecule has 0 saturated carbocycles. The number of nitrogens with zero attached hydrogens (tertiary/aromatic N) is 1. The smallest absolute Gasteiger partial charge is 0.275 e. The van der Waals surface area contributed by atoms with E-state index in [9.17, 15) is 4.79 Å². The highest BCUT2D eigenvalue weighted by Gasteiger charge is 2.15. The summed E-state index contributed by atoms with van der Waals surface area (Å²) in [7, 11) is 0. The van der Waals surface area contributed by atoms with Crippen LogP contribution in [0.2, 0.25) is 5.02 Å². The Morgan fingerprint density at radius 2 is 1.80 bits per heavy atom. The third-order valence-electron chi connectivity index (χ3n) is 3.42. The number of nitrogens with one attached hydrogen (secondary N) is 2. The van der Waals surface area contributed by atoms with E-state index in [0.29, 0.717) is 21.9 Å². The molecular weight excluding hydrogens is 274 g/mol. The molecule has 20 heavy (non-hydrogen) atoms. The van der Waals surface area contributed by atoms with Gasteiger partial charge < -0.3 is 9.97 Å². The normalized spacial score (nSPS) is 11.2. The Morgan fingerprint density at radius 3 is 2.45 bits per heavy atom. The van der Waals surface area contributed by atoms with Gasteiger partial charge in [-0.1, -0.05) is 11.6 Å². The van der Waals surface area contributed by atoms with Gasteiger partial charge in [0, 0.05) is 16.8 Å². The van der Waals surface area contributed by atoms with E-state index < -0.39 is 0 Å². The summed E-state index contributed by atoms with van der Waals surface area (Å²) in [5, 5.41) is 0.713. The molecular formula is C15H14ClN3O. The summed E-state index contributed by atoms with van der Waals surface area (Å²) < 4.78 is 0. The Morgan fingerprint density at radius 1 is 1.15 bits per heavy atom. The number of aromatic nitrogens is 3. The third kappa shape index (κ3) is 1.93. The first kappa shape index (κ1) is 12.9. The molecule has 0 unspecified atom stereocenters. The fourth-order valence-electron chi connectivity index (χ4n) is 2.65. The molecule has 1 aromatic carbocycles. The van der Waals surface area contributed by atoms with Crippen LogP contribution in [0.3, 0.4) is 0 Å². The Balaban J connectivity index is 2.39. The zero-order valence-corrected chi connectivity index (χ0v) is 12.2. The second-order valence-electron chi connectivity index (χ2n) is 4.99. The molecule has 0 saturated heterocycles. The molecule has 2 heterocycles. The van der Waals surface area contributed by atoms with E-state index in [4.69, 9.17) is 11.6 Å². The summed E-state index contributed by atoms with van der Waals surface area (Å²) in [5.74, 6) is 0.604. The summed E-state index contributed by atoms with van der Waals surface area (Å²) in [6, 6.07) is 3.84. The van der Waals surface area contributed by atoms with Crippen LogP contribution >= 0.6 is 11.6 Å². The molecule has 3 aromatic rings. The Kier molecular flexibility index (Phi) is 2.91. The van der Waals surface area contributed by atoms with Crippen LogP contribution in [0.4, 0.5) is 0 Å². The Hall–Kier alpha value is -2.07. The number of hydrogen-bond donors (Lipinski definition) is 2. The minimum atomic E-state index is -0.150. The summed E-state index contributed by atoms with van der Waals surface area (Å²) in [5.41, 5.74) is 5.17. The molecule has 2 N–H and O–H groups in total. The van der Waals surface area contributed by atoms with Crippen molar-refractivity contribution in [1.82, 2.24) is 15.0 Å². The van der Waals surface area contributed by atoms with E-state index in [0.717, 1.165) is 22.3 Å². The van der Waals surface area contributed by atoms with Crippen LogP contribution in [0.15, 0.2) is 23.1 Å². The number of halogens is 1. The molecule has 5 heteroatoms. The number of aromatic amines is 2. The van der Waals surface area contributed by atoms with E-state index >= 15 is 0 Å². The predicted molar refractivity (Wildman–Crippen MR) is 81.4 cm³/mol. The van der Waals surface area contributed by atoms with Crippen molar-refractivity contribution in [2.24, 2.45) is 0 Å². The van der Waals surface area contributed by atoms with E-state index in [1.165, 1.54) is 0 Å². The summed E-state index contributed by atoms with van der Waals surface area (Å²) in [6.45, 7) is 5.79. The number of benzene rings is 1. The van der Waals surface area contributed by atoms with Gasteiger partial charge in [0.2, 0.25) is 0 Å². The van der Waals surface area contributed by atoms with Gasteiger partial charge in [0.1, 0.15) is 16.9 Å². The number of fused-ring (bicyclic) bond motifs is 1. The van der Waals surface area contributed by atoms with Crippen LogP contribution in [-0.2, 0) is 0 Å². The van der Waals surface area contributed by atoms with Gasteiger partial charge >= 0.3 is 0 Å². The van der Waals surface area contributed by atoms with Crippen LogP contribution < -0.4 is 5.56 Å². The molecule has 0 bridgehead atoms. The lowest BCUT2D eigenvalue weighted by Crippen LogP contribution is -2.09. The molecule has 4 nitrogen and oxygen atoms in total. The first-order valence-corrected chi connectivity index (χ1v) is 6.70. The minimum Gasteiger partial charge on any atom is -0.355 e. The lowest BCUT2D eigenvalue weighted by molar-refractivity contribution is 1.06. The van der Waals surface area contributed by atoms with Crippen molar-refractivity contribution in [3.63, 3.8) is 0 Å². The van der Waals surface area contributed by atoms with Gasteiger partial charge in [-0.25, -0.2) is 4.98 Å². The zero-order chi connectivity index (χ0) is 14.4. The summed E-state index contributed by atoms with van der Waals surface area (Å²) in [6.07, 6.45) is 1.83. The van der Waals surface area contributed by atoms with Crippen LogP contribution in [0.1, 0.15) is 17.0 Å². The highest BCUT2D eigenvalue weighted by molar-refractivity contribution is 6.30. The lowest BCUT2D eigenvalue weighted by atomic mass is 9.97. The van der Waals surface area contributed by atoms with Crippen LogP contribution in [0, 0.1) is 20.8 Å². The first-order chi connectivity index (χ1) is 9.47. The SMILES string of the molecule is Cc1nc2c(-c3c(C)cc(Cl)cc3C)c[nH]c2c(=O)[nH]1. The molecule has 102 valence electrons. The van der Waals surface area contributed by atoms with Crippen molar-refractivity contribution in [1.29, 1.82) is 0 Å². The highest BCUT2D eigenvalue weighted by atomic mass is 35.5. The van der Waals surface area contributed by atoms with Crippen molar-refractivity contribution in [3.05, 3.63) is 50.7 Å². The predicted octanol–water partition coefficient (Wildman–Crippen LogP) is 3.50. The Bertz CT molecular complexity index is 853. The number of hydrogen-bond acceptors (Lipinski definition) is 2. The Labute approximate surface area is 120 Å². The van der Waals surface area contributed by atoms with Gasteiger partial charge in [0.05, 0.1) is 0 Å². The van der Waals surface area contributed by atoms with Gasteiger partial charge in [-0.2, -0.15) is 0 Å². The van der Waals surface area contributed by atoms with Crippen molar-refractivity contribution in [3.8, 4) is 11.1 Å². The van der Waals surface area contributed by atoms with Crippen molar-refractivity contribution >= 4 is 22.6 Å². The maximum Gasteiger partial charge on any atom is 0.275 e. The van der Waals surface area contributed by atoms with E-state index in [1.54, 1.807) is 6.92 Å². The third-order valence-corrected chi connectivity index (χ3v) is 3.64. The van der Waals surface area contributed by atoms with Crippen molar-refractivity contribution in [2.45, 2.75) is 20.8 Å². The maximum absolute atomic E-state index is 11.9. The molecule has 0 aliphatic rings. The molecule has 0 amide bonds. The van der Waals surface area contributed by atoms with E-state index in [1.807, 2.05) is 32.2 Å². The average molecular weight is 288 g/mol. The van der Waals surface area contributed by atoms with Gasteiger partial charge in [-0.15, -0.1) is 0 Å². The quantitative estimate of drug-likeness (QED) is 0.719. The van der Waals surface area contributed by atoms with Gasteiger partial charge in [-0.05, 0) is 49.6 Å². The highest BCUT2D eigenvalue weighted by Crippen LogP contribution is 2.33. The van der Waals surface area contributed by atoms with Gasteiger partial charge in [0.15, 0.2) is 0 Å². The molecule has 3 rings (SSSR count). The first-order valence-electron chi connectivity index (χ1n) is 6.32. The number of H-pyrrole nitrogens is 2. The average Bonchev–Trinajstić information content (AvgIpc) is 2.72. The van der Waals surface area contributed by atoms with Crippen molar-refractivity contribution in [2.75, 3.05) is 0 Å². The van der Waals surface area contributed by atoms with Crippen molar-refractivity contribution < 1.29 is 0 Å². The van der Waals surface area contributed by atoms with Crippen LogP contribution in [-0.4, -0.2) is 15.0 Å². The second kappa shape index (κ2) is 4.49. The molecule has 0 spiro atoms. The van der Waals surface area contributed by atoms with E-state index in [-0.39, 0.29) is 5.56 Å². The monoisotopic (exact) mass is 287 g/mol. The van der Waals surface area contributed by atoms with Gasteiger partial charge in [-0.3, -0.25) is 4.79 Å². The molecule has 0 fully saturated rings. The standard InChI is InChI=1S/C15H14ClN3O/c1-7-4-10(16)5-8(2)12(7)11-6-17-14-13(11)18-9(3)19-15(14)20/h4-6,17H,1-3H3,(H,18,19,20). The fraction of sp³-hybridized carbons (Fsp3) is 0.200. The minimum absolute atomic E-state index is 0.150. The molecule has 0 aliphatic heterocycles. The molecule has 2 aromatic heterocycles. The topological polar surface area (TPSA) is 61.5 Å². The molecule has 0 atom stereocenters. The summed E-state index contributed by atoms with van der Waals surface area (Å²) >= 11 is 6.07. The van der Waals surface area contributed by atoms with Crippen LogP contribution in [0.5, 0.6) is 0 Å². The maximum atomic E-state index is 11.9. The molecule has 0 radical (unpaired) electrons. The number of aryl methyl sites for hydroxylation is 3. The zero-order valence-electron chi connectivity index (χ0n) is 11.5. The lowest BCUT2D eigenvalue weighted by Gasteiger charge is -2.09. The van der Waals surface area contributed by atoms with E-state index in [2.05, 4.69) is 15.0 Å². The summed E-state index contributed by atoms with van der Waals surface area (Å²) in [4.78, 5) is 22.1. The fourth-order valence-corrected chi connectivity index (χ4v) is 2.98.